The topological polar surface area (TPSA) is 164 Å². The number of halogens is 2. The number of ether oxygens (including phenoxy) is 1. The SMILES string of the molecule is [C-]#[N+]C[C@@H]1CN(Cc2ccc3nc4n(c3c2)C[C@H](C)CCCOc2c(cnn2C)-c2cc(cc(C)n2)C(=O)N4)CCN1C(=O)[C@@H]1CCN(c2cc(F)c([C@H]3CCC(=O)NC3=O)c(F)c2)C1. The van der Waals surface area contributed by atoms with Crippen molar-refractivity contribution in [2.75, 3.05) is 56.1 Å². The van der Waals surface area contributed by atoms with Crippen molar-refractivity contribution in [2.24, 2.45) is 18.9 Å². The molecule has 0 aliphatic carbocycles. The molecule has 65 heavy (non-hydrogen) atoms. The smallest absolute Gasteiger partial charge is 0.258 e. The van der Waals surface area contributed by atoms with Gasteiger partial charge in [-0.05, 0) is 80.5 Å². The van der Waals surface area contributed by atoms with Gasteiger partial charge >= 0.3 is 0 Å². The fourth-order valence-corrected chi connectivity index (χ4v) is 9.79. The van der Waals surface area contributed by atoms with Crippen LogP contribution in [0.2, 0.25) is 0 Å². The van der Waals surface area contributed by atoms with Gasteiger partial charge in [-0.2, -0.15) is 5.10 Å². The molecule has 3 aromatic heterocycles. The number of piperidine rings is 1. The first-order chi connectivity index (χ1) is 31.3. The second-order valence-corrected chi connectivity index (χ2v) is 17.8. The maximum atomic E-state index is 15.4. The fourth-order valence-electron chi connectivity index (χ4n) is 9.79. The molecular weight excluding hydrogens is 837 g/mol. The van der Waals surface area contributed by atoms with Gasteiger partial charge < -0.3 is 23.9 Å². The van der Waals surface area contributed by atoms with E-state index in [0.29, 0.717) is 86.6 Å². The van der Waals surface area contributed by atoms with Crippen molar-refractivity contribution < 1.29 is 32.7 Å². The lowest BCUT2D eigenvalue weighted by atomic mass is 9.89. The number of piperazine rings is 1. The molecule has 4 atom stereocenters. The van der Waals surface area contributed by atoms with Gasteiger partial charge in [-0.3, -0.25) is 39.7 Å². The summed E-state index contributed by atoms with van der Waals surface area (Å²) in [5.41, 5.74) is 5.01. The number of rotatable bonds is 6. The van der Waals surface area contributed by atoms with Crippen LogP contribution in [-0.4, -0.2) is 110 Å². The number of aromatic nitrogens is 5. The Hall–Kier alpha value is -6.74. The van der Waals surface area contributed by atoms with E-state index in [2.05, 4.69) is 43.0 Å². The number of carbonyl (C=O) groups is 4. The third kappa shape index (κ3) is 8.89. The van der Waals surface area contributed by atoms with Crippen LogP contribution < -0.4 is 20.3 Å². The number of imide groups is 1. The summed E-state index contributed by atoms with van der Waals surface area (Å²) in [7, 11) is 1.82. The summed E-state index contributed by atoms with van der Waals surface area (Å²) >= 11 is 0. The van der Waals surface area contributed by atoms with Crippen molar-refractivity contribution in [3.05, 3.63) is 94.1 Å². The van der Waals surface area contributed by atoms with Gasteiger partial charge in [-0.25, -0.2) is 25.0 Å². The van der Waals surface area contributed by atoms with Crippen LogP contribution in [-0.2, 0) is 34.5 Å². The minimum atomic E-state index is -1.09. The van der Waals surface area contributed by atoms with E-state index in [1.807, 2.05) is 26.1 Å². The van der Waals surface area contributed by atoms with Gasteiger partial charge in [0.25, 0.3) is 5.91 Å². The Morgan fingerprint density at radius 3 is 2.57 bits per heavy atom. The Bertz CT molecular complexity index is 2720. The van der Waals surface area contributed by atoms with E-state index in [1.165, 1.54) is 12.1 Å². The molecule has 5 aromatic rings. The molecule has 3 saturated heterocycles. The van der Waals surface area contributed by atoms with E-state index in [9.17, 15) is 19.2 Å². The molecule has 16 nitrogen and oxygen atoms in total. The number of hydrogen-bond acceptors (Lipinski definition) is 10. The normalized spacial score (nSPS) is 22.0. The zero-order valence-corrected chi connectivity index (χ0v) is 36.6. The standard InChI is InChI=1S/C47H51F2N11O5/c1-27-6-5-15-65-46-35(22-51-56(46)4)39-18-31(16-28(2)52-39)43(62)55-47-53-38-9-7-29(17-40(38)60(47)23-27)24-57-13-14-59(33(26-57)21-50-3)45(64)30-11-12-58(25-30)32-19-36(48)42(37(49)20-32)34-8-10-41(61)54-44(34)63/h7,9,16-20,22,27,30,33-34H,5-6,8,10-15,21,23-26H2,1-2,4H3,(H,53,55,62)(H,54,61,63)/t27-,30-,33-,34-/m1/s1. The zero-order valence-electron chi connectivity index (χ0n) is 36.6. The summed E-state index contributed by atoms with van der Waals surface area (Å²) in [6.45, 7) is 15.8. The third-order valence-corrected chi connectivity index (χ3v) is 13.1. The van der Waals surface area contributed by atoms with Crippen LogP contribution in [0.4, 0.5) is 20.4 Å². The van der Waals surface area contributed by atoms with Gasteiger partial charge in [0.2, 0.25) is 36.1 Å². The molecule has 4 amide bonds. The van der Waals surface area contributed by atoms with Crippen molar-refractivity contribution in [3.63, 3.8) is 0 Å². The zero-order chi connectivity index (χ0) is 45.5. The van der Waals surface area contributed by atoms with Gasteiger partial charge in [0.15, 0.2) is 0 Å². The predicted octanol–water partition coefficient (Wildman–Crippen LogP) is 5.46. The van der Waals surface area contributed by atoms with E-state index in [-0.39, 0.29) is 61.0 Å². The molecule has 2 aromatic carbocycles. The molecule has 4 aliphatic heterocycles. The summed E-state index contributed by atoms with van der Waals surface area (Å²) in [5.74, 6) is -3.54. The number of amides is 4. The second-order valence-electron chi connectivity index (χ2n) is 17.8. The molecule has 0 saturated carbocycles. The molecule has 2 bridgehead atoms. The van der Waals surface area contributed by atoms with Crippen LogP contribution in [0.3, 0.4) is 0 Å². The number of pyridine rings is 1. The summed E-state index contributed by atoms with van der Waals surface area (Å²) in [4.78, 5) is 71.1. The first-order valence-electron chi connectivity index (χ1n) is 22.2. The maximum absolute atomic E-state index is 15.4. The number of nitrogens with one attached hydrogen (secondary N) is 2. The number of aryl methyl sites for hydroxylation is 2. The van der Waals surface area contributed by atoms with Crippen LogP contribution in [0.1, 0.15) is 72.1 Å². The molecule has 0 spiro atoms. The molecule has 338 valence electrons. The summed E-state index contributed by atoms with van der Waals surface area (Å²) < 4.78 is 40.8. The van der Waals surface area contributed by atoms with Gasteiger partial charge in [-0.15, -0.1) is 0 Å². The lowest BCUT2D eigenvalue weighted by molar-refractivity contribution is -0.139. The van der Waals surface area contributed by atoms with Crippen molar-refractivity contribution in [1.29, 1.82) is 0 Å². The van der Waals surface area contributed by atoms with Gasteiger partial charge in [0, 0.05) is 81.8 Å². The molecule has 2 N–H and O–H groups in total. The summed E-state index contributed by atoms with van der Waals surface area (Å²) in [5, 5.41) is 9.65. The highest BCUT2D eigenvalue weighted by atomic mass is 19.1. The van der Waals surface area contributed by atoms with Crippen molar-refractivity contribution >= 4 is 46.3 Å². The highest BCUT2D eigenvalue weighted by molar-refractivity contribution is 6.05. The minimum absolute atomic E-state index is 0.00173. The maximum Gasteiger partial charge on any atom is 0.258 e. The molecule has 9 rings (SSSR count). The number of carbonyl (C=O) groups excluding carboxylic acids is 4. The van der Waals surface area contributed by atoms with Crippen molar-refractivity contribution in [3.8, 4) is 17.1 Å². The average molecular weight is 888 g/mol. The molecular formula is C47H51F2N11O5. The molecule has 7 heterocycles. The first-order valence-corrected chi connectivity index (χ1v) is 22.2. The monoisotopic (exact) mass is 887 g/mol. The molecule has 3 fully saturated rings. The lowest BCUT2D eigenvalue weighted by Crippen LogP contribution is -2.57. The largest absolute Gasteiger partial charge is 0.477 e. The molecule has 18 heteroatoms. The molecule has 0 unspecified atom stereocenters. The number of anilines is 2. The van der Waals surface area contributed by atoms with Crippen LogP contribution in [0, 0.1) is 37.0 Å². The Morgan fingerprint density at radius 1 is 0.969 bits per heavy atom. The third-order valence-electron chi connectivity index (χ3n) is 13.1. The molecule has 0 radical (unpaired) electrons. The first kappa shape index (κ1) is 43.5. The summed E-state index contributed by atoms with van der Waals surface area (Å²) in [6, 6.07) is 11.6. The van der Waals surface area contributed by atoms with Crippen LogP contribution in [0.25, 0.3) is 27.1 Å². The Morgan fingerprint density at radius 2 is 1.78 bits per heavy atom. The molecule has 4 aliphatic rings. The van der Waals surface area contributed by atoms with Gasteiger partial charge in [0.05, 0.1) is 46.9 Å². The number of nitrogens with zero attached hydrogens (tertiary/aromatic N) is 9. The van der Waals surface area contributed by atoms with E-state index in [4.69, 9.17) is 21.3 Å². The number of fused-ring (bicyclic) bond motifs is 7. The van der Waals surface area contributed by atoms with Gasteiger partial charge in [0.1, 0.15) is 17.7 Å². The van der Waals surface area contributed by atoms with Crippen LogP contribution in [0.5, 0.6) is 5.88 Å². The Balaban J connectivity index is 0.888. The number of hydrogen-bond donors (Lipinski definition) is 2. The van der Waals surface area contributed by atoms with Crippen LogP contribution >= 0.6 is 0 Å². The lowest BCUT2D eigenvalue weighted by Gasteiger charge is -2.40. The van der Waals surface area contributed by atoms with E-state index in [0.717, 1.165) is 29.4 Å². The second kappa shape index (κ2) is 18.0. The minimum Gasteiger partial charge on any atom is -0.477 e. The quantitative estimate of drug-likeness (QED) is 0.165. The predicted molar refractivity (Wildman–Crippen MR) is 237 cm³/mol. The fraction of sp³-hybridized carbons (Fsp3) is 0.447. The van der Waals surface area contributed by atoms with E-state index in [1.54, 1.807) is 32.8 Å². The van der Waals surface area contributed by atoms with E-state index >= 15 is 8.78 Å². The number of benzene rings is 2. The van der Waals surface area contributed by atoms with Crippen LogP contribution in [0.15, 0.2) is 48.7 Å². The highest BCUT2D eigenvalue weighted by Crippen LogP contribution is 2.35. The van der Waals surface area contributed by atoms with Gasteiger partial charge in [-0.1, -0.05) is 13.0 Å². The Labute approximate surface area is 374 Å². The van der Waals surface area contributed by atoms with Crippen molar-refractivity contribution in [1.82, 2.24) is 39.4 Å². The van der Waals surface area contributed by atoms with Crippen molar-refractivity contribution in [2.45, 2.75) is 71.0 Å². The highest BCUT2D eigenvalue weighted by Gasteiger charge is 2.39. The Kier molecular flexibility index (Phi) is 12.1. The summed E-state index contributed by atoms with van der Waals surface area (Å²) in [6.07, 6.45) is 3.89. The number of imidazole rings is 1. The van der Waals surface area contributed by atoms with E-state index < -0.39 is 35.3 Å². The average Bonchev–Trinajstić information content (AvgIpc) is 4.00.